The minimum absolute atomic E-state index is 0.0561. The number of amides is 2. The molecule has 1 aromatic heterocycles. The Morgan fingerprint density at radius 3 is 2.34 bits per heavy atom. The third-order valence-electron chi connectivity index (χ3n) is 7.81. The Hall–Kier alpha value is -3.32. The van der Waals surface area contributed by atoms with Crippen LogP contribution < -0.4 is 5.32 Å². The van der Waals surface area contributed by atoms with Gasteiger partial charge in [-0.3, -0.25) is 9.69 Å². The predicted octanol–water partition coefficient (Wildman–Crippen LogP) is 5.05. The fourth-order valence-electron chi connectivity index (χ4n) is 5.83. The van der Waals surface area contributed by atoms with Crippen LogP contribution in [0.1, 0.15) is 42.7 Å². The van der Waals surface area contributed by atoms with Crippen molar-refractivity contribution in [3.05, 3.63) is 65.9 Å². The number of hydrogen-bond acceptors (Lipinski definition) is 3. The lowest BCUT2D eigenvalue weighted by Crippen LogP contribution is -2.52. The number of carboxylic acids is 1. The Morgan fingerprint density at radius 1 is 0.971 bits per heavy atom. The number of aliphatic carboxylic acids is 1. The van der Waals surface area contributed by atoms with Gasteiger partial charge in [0.25, 0.3) is 0 Å². The summed E-state index contributed by atoms with van der Waals surface area (Å²) >= 11 is 0. The highest BCUT2D eigenvalue weighted by molar-refractivity contribution is 5.89. The van der Waals surface area contributed by atoms with Crippen LogP contribution in [0.4, 0.5) is 10.5 Å². The first-order chi connectivity index (χ1) is 17.0. The molecule has 2 saturated heterocycles. The van der Waals surface area contributed by atoms with Crippen molar-refractivity contribution in [2.24, 2.45) is 5.92 Å². The molecule has 0 bridgehead atoms. The minimum Gasteiger partial charge on any atom is -0.480 e. The third kappa shape index (κ3) is 5.05. The summed E-state index contributed by atoms with van der Waals surface area (Å²) in [6, 6.07) is 15.5. The van der Waals surface area contributed by atoms with E-state index in [0.29, 0.717) is 31.8 Å². The van der Waals surface area contributed by atoms with Crippen molar-refractivity contribution in [1.82, 2.24) is 14.8 Å². The van der Waals surface area contributed by atoms with Gasteiger partial charge < -0.3 is 20.3 Å². The second kappa shape index (κ2) is 10.1. The zero-order valence-electron chi connectivity index (χ0n) is 20.2. The highest BCUT2D eigenvalue weighted by Gasteiger charge is 2.38. The van der Waals surface area contributed by atoms with Gasteiger partial charge in [0.2, 0.25) is 0 Å². The number of nitrogens with one attached hydrogen (secondary N) is 2. The molecule has 0 aliphatic carbocycles. The van der Waals surface area contributed by atoms with Crippen LogP contribution in [0.5, 0.6) is 0 Å². The monoisotopic (exact) mass is 474 g/mol. The highest BCUT2D eigenvalue weighted by atomic mass is 16.4. The third-order valence-corrected chi connectivity index (χ3v) is 7.81. The molecule has 1 unspecified atom stereocenters. The maximum atomic E-state index is 12.7. The van der Waals surface area contributed by atoms with E-state index in [2.05, 4.69) is 39.6 Å². The molecule has 0 radical (unpaired) electrons. The number of benzene rings is 2. The van der Waals surface area contributed by atoms with Crippen molar-refractivity contribution in [2.75, 3.05) is 31.5 Å². The Kier molecular flexibility index (Phi) is 6.77. The fourth-order valence-corrected chi connectivity index (χ4v) is 5.83. The van der Waals surface area contributed by atoms with Gasteiger partial charge in [-0.25, -0.2) is 4.79 Å². The van der Waals surface area contributed by atoms with Gasteiger partial charge in [-0.05, 0) is 81.3 Å². The molecule has 5 rings (SSSR count). The number of carboxylic acid groups (broad SMARTS) is 1. The summed E-state index contributed by atoms with van der Waals surface area (Å²) < 4.78 is 0. The molecule has 2 aliphatic heterocycles. The zero-order valence-corrected chi connectivity index (χ0v) is 20.2. The van der Waals surface area contributed by atoms with Crippen LogP contribution in [0.15, 0.2) is 54.7 Å². The van der Waals surface area contributed by atoms with Crippen LogP contribution in [-0.4, -0.2) is 64.1 Å². The topological polar surface area (TPSA) is 88.7 Å². The number of carbonyl (C=O) groups excluding carboxylic acids is 1. The number of rotatable bonds is 5. The molecule has 2 aliphatic rings. The average molecular weight is 475 g/mol. The number of carbonyl (C=O) groups is 2. The predicted molar refractivity (Wildman–Crippen MR) is 138 cm³/mol. The molecule has 184 valence electrons. The minimum atomic E-state index is -0.738. The number of piperidine rings is 2. The SMILES string of the molecule is Cc1ccc(NC(=O)N2CCC(C(C(=O)O)N3CCC(c4c[nH]c5ccccc45)CC3)CC2)cc1. The molecular weight excluding hydrogens is 440 g/mol. The van der Waals surface area contributed by atoms with E-state index in [1.807, 2.05) is 37.3 Å². The Labute approximate surface area is 206 Å². The number of hydrogen-bond donors (Lipinski definition) is 3. The highest BCUT2D eigenvalue weighted by Crippen LogP contribution is 2.35. The molecule has 1 atom stereocenters. The van der Waals surface area contributed by atoms with Crippen molar-refractivity contribution in [2.45, 2.75) is 44.6 Å². The number of anilines is 1. The van der Waals surface area contributed by atoms with Crippen LogP contribution >= 0.6 is 0 Å². The van der Waals surface area contributed by atoms with Crippen LogP contribution in [0.3, 0.4) is 0 Å². The summed E-state index contributed by atoms with van der Waals surface area (Å²) in [5.41, 5.74) is 4.43. The van der Waals surface area contributed by atoms with Gasteiger partial charge in [-0.1, -0.05) is 35.9 Å². The maximum Gasteiger partial charge on any atom is 0.321 e. The van der Waals surface area contributed by atoms with E-state index in [1.54, 1.807) is 4.90 Å². The van der Waals surface area contributed by atoms with Crippen LogP contribution in [-0.2, 0) is 4.79 Å². The first kappa shape index (κ1) is 23.4. The molecule has 0 saturated carbocycles. The summed E-state index contributed by atoms with van der Waals surface area (Å²) in [5.74, 6) is -0.233. The van der Waals surface area contributed by atoms with Gasteiger partial charge in [0.1, 0.15) is 6.04 Å². The smallest absolute Gasteiger partial charge is 0.321 e. The number of aromatic amines is 1. The van der Waals surface area contributed by atoms with Gasteiger partial charge >= 0.3 is 12.0 Å². The lowest BCUT2D eigenvalue weighted by atomic mass is 9.84. The van der Waals surface area contributed by atoms with Crippen LogP contribution in [0, 0.1) is 12.8 Å². The van der Waals surface area contributed by atoms with Gasteiger partial charge in [0.05, 0.1) is 0 Å². The number of para-hydroxylation sites is 1. The van der Waals surface area contributed by atoms with E-state index in [1.165, 1.54) is 10.9 Å². The van der Waals surface area contributed by atoms with Gasteiger partial charge in [0, 0.05) is 35.9 Å². The first-order valence-electron chi connectivity index (χ1n) is 12.6. The first-order valence-corrected chi connectivity index (χ1v) is 12.6. The molecule has 3 aromatic rings. The molecular formula is C28H34N4O3. The van der Waals surface area contributed by atoms with Crippen LogP contribution in [0.25, 0.3) is 10.9 Å². The van der Waals surface area contributed by atoms with Gasteiger partial charge in [-0.2, -0.15) is 0 Å². The molecule has 0 spiro atoms. The van der Waals surface area contributed by atoms with E-state index in [9.17, 15) is 14.7 Å². The lowest BCUT2D eigenvalue weighted by molar-refractivity contribution is -0.146. The van der Waals surface area contributed by atoms with Gasteiger partial charge in [-0.15, -0.1) is 0 Å². The van der Waals surface area contributed by atoms with Crippen LogP contribution in [0.2, 0.25) is 0 Å². The van der Waals surface area contributed by atoms with Crippen molar-refractivity contribution in [3.63, 3.8) is 0 Å². The van der Waals surface area contributed by atoms with E-state index in [-0.39, 0.29) is 11.9 Å². The van der Waals surface area contributed by atoms with Gasteiger partial charge in [0.15, 0.2) is 0 Å². The summed E-state index contributed by atoms with van der Waals surface area (Å²) in [7, 11) is 0. The van der Waals surface area contributed by atoms with E-state index < -0.39 is 12.0 Å². The van der Waals surface area contributed by atoms with Crippen molar-refractivity contribution in [1.29, 1.82) is 0 Å². The Balaban J connectivity index is 1.17. The van der Waals surface area contributed by atoms with Crippen molar-refractivity contribution in [3.8, 4) is 0 Å². The number of H-pyrrole nitrogens is 1. The summed E-state index contributed by atoms with van der Waals surface area (Å²) in [6.07, 6.45) is 5.46. The second-order valence-corrected chi connectivity index (χ2v) is 10.0. The van der Waals surface area contributed by atoms with Crippen molar-refractivity contribution < 1.29 is 14.7 Å². The van der Waals surface area contributed by atoms with Crippen molar-refractivity contribution >= 4 is 28.6 Å². The molecule has 7 heteroatoms. The number of urea groups is 1. The molecule has 2 fully saturated rings. The molecule has 3 heterocycles. The average Bonchev–Trinajstić information content (AvgIpc) is 3.30. The Morgan fingerprint density at radius 2 is 1.66 bits per heavy atom. The molecule has 7 nitrogen and oxygen atoms in total. The maximum absolute atomic E-state index is 12.7. The quantitative estimate of drug-likeness (QED) is 0.483. The second-order valence-electron chi connectivity index (χ2n) is 10.0. The standard InChI is InChI=1S/C28H34N4O3/c1-19-6-8-22(9-7-19)30-28(35)32-16-12-21(13-17-32)26(27(33)34)31-14-10-20(11-15-31)24-18-29-25-5-3-2-4-23(24)25/h2-9,18,20-21,26,29H,10-17H2,1H3,(H,30,35)(H,33,34). The Bertz CT molecular complexity index is 1170. The molecule has 35 heavy (non-hydrogen) atoms. The summed E-state index contributed by atoms with van der Waals surface area (Å²) in [5, 5.41) is 14.4. The summed E-state index contributed by atoms with van der Waals surface area (Å²) in [6.45, 7) is 4.75. The fraction of sp³-hybridized carbons (Fsp3) is 0.429. The van der Waals surface area contributed by atoms with E-state index in [0.717, 1.165) is 42.7 Å². The molecule has 2 aromatic carbocycles. The summed E-state index contributed by atoms with van der Waals surface area (Å²) in [4.78, 5) is 32.4. The lowest BCUT2D eigenvalue weighted by Gasteiger charge is -2.41. The number of likely N-dealkylation sites (tertiary alicyclic amines) is 2. The van der Waals surface area contributed by atoms with E-state index >= 15 is 0 Å². The zero-order chi connectivity index (χ0) is 24.4. The number of nitrogens with zero attached hydrogens (tertiary/aromatic N) is 2. The largest absolute Gasteiger partial charge is 0.480 e. The number of aromatic nitrogens is 1. The normalized spacial score (nSPS) is 19.1. The number of aryl methyl sites for hydroxylation is 1. The molecule has 2 amide bonds. The van der Waals surface area contributed by atoms with E-state index in [4.69, 9.17) is 0 Å². The molecule has 3 N–H and O–H groups in total. The number of fused-ring (bicyclic) bond motifs is 1.